The van der Waals surface area contributed by atoms with Crippen LogP contribution in [0.15, 0.2) is 72.8 Å². The summed E-state index contributed by atoms with van der Waals surface area (Å²) in [4.78, 5) is 40.9. The molecule has 198 valence electrons. The lowest BCUT2D eigenvalue weighted by atomic mass is 9.61. The van der Waals surface area contributed by atoms with E-state index in [1.807, 2.05) is 0 Å². The predicted octanol–water partition coefficient (Wildman–Crippen LogP) is 3.73. The van der Waals surface area contributed by atoms with E-state index in [1.54, 1.807) is 60.7 Å². The molecule has 38 heavy (non-hydrogen) atoms. The highest BCUT2D eigenvalue weighted by Gasteiger charge is 2.56. The number of benzene rings is 3. The lowest BCUT2D eigenvalue weighted by Crippen LogP contribution is -2.56. The summed E-state index contributed by atoms with van der Waals surface area (Å²) in [6.45, 7) is 1.42. The third-order valence-electron chi connectivity index (χ3n) is 6.84. The molecule has 1 aliphatic rings. The van der Waals surface area contributed by atoms with Crippen LogP contribution in [0.5, 0.6) is 17.2 Å². The first-order valence-electron chi connectivity index (χ1n) is 12.1. The van der Waals surface area contributed by atoms with Gasteiger partial charge in [0.1, 0.15) is 28.9 Å². The quantitative estimate of drug-likeness (QED) is 0.350. The van der Waals surface area contributed by atoms with Gasteiger partial charge < -0.3 is 30.3 Å². The topological polar surface area (TPSA) is 134 Å². The standard InChI is InChI=1S/C29H30N2O7/c1-29(36)16-21(33)25(27(34)30-19-8-4-6-10-22(19)37-2)24(17-12-14-18(32)15-13-17)26(29)28(35)31-20-9-5-7-11-23(20)38-3/h4-15,24-26,32,36H,16H2,1-3H3,(H,30,34)(H,31,35)/t24-,25-,26+,29-/m0/s1. The number of aliphatic hydroxyl groups is 1. The fourth-order valence-electron chi connectivity index (χ4n) is 5.11. The van der Waals surface area contributed by atoms with Gasteiger partial charge in [-0.15, -0.1) is 0 Å². The number of phenols is 1. The first kappa shape index (κ1) is 26.7. The van der Waals surface area contributed by atoms with Gasteiger partial charge in [0.15, 0.2) is 0 Å². The molecule has 9 nitrogen and oxygen atoms in total. The molecule has 1 saturated carbocycles. The number of ketones is 1. The molecule has 1 fully saturated rings. The maximum absolute atomic E-state index is 13.8. The molecule has 3 aromatic rings. The van der Waals surface area contributed by atoms with Crippen molar-refractivity contribution in [2.75, 3.05) is 24.9 Å². The third kappa shape index (κ3) is 5.33. The molecule has 0 unspecified atom stereocenters. The van der Waals surface area contributed by atoms with Gasteiger partial charge in [-0.3, -0.25) is 14.4 Å². The molecule has 0 aromatic heterocycles. The van der Waals surface area contributed by atoms with Crippen molar-refractivity contribution < 1.29 is 34.1 Å². The minimum absolute atomic E-state index is 0.0207. The van der Waals surface area contributed by atoms with Crippen LogP contribution in [-0.4, -0.2) is 47.6 Å². The van der Waals surface area contributed by atoms with E-state index in [0.717, 1.165) is 0 Å². The molecule has 2 amide bonds. The Kier molecular flexibility index (Phi) is 7.68. The Morgan fingerprint density at radius 2 is 1.34 bits per heavy atom. The zero-order chi connectivity index (χ0) is 27.4. The molecule has 0 aliphatic heterocycles. The van der Waals surface area contributed by atoms with Gasteiger partial charge in [-0.2, -0.15) is 0 Å². The zero-order valence-corrected chi connectivity index (χ0v) is 21.3. The summed E-state index contributed by atoms with van der Waals surface area (Å²) in [7, 11) is 2.93. The lowest BCUT2D eigenvalue weighted by molar-refractivity contribution is -0.150. The van der Waals surface area contributed by atoms with Crippen molar-refractivity contribution in [2.45, 2.75) is 24.9 Å². The summed E-state index contributed by atoms with van der Waals surface area (Å²) in [6, 6.07) is 19.5. The van der Waals surface area contributed by atoms with E-state index in [2.05, 4.69) is 10.6 Å². The number of hydrogen-bond acceptors (Lipinski definition) is 7. The van der Waals surface area contributed by atoms with Crippen LogP contribution in [0.4, 0.5) is 11.4 Å². The number of hydrogen-bond donors (Lipinski definition) is 4. The van der Waals surface area contributed by atoms with E-state index in [-0.39, 0.29) is 5.75 Å². The van der Waals surface area contributed by atoms with Gasteiger partial charge in [0.2, 0.25) is 11.8 Å². The SMILES string of the molecule is COc1ccccc1NC(=O)[C@H]1C(=O)C[C@](C)(O)[C@@H](C(=O)Nc2ccccc2OC)[C@H]1c1ccc(O)cc1. The van der Waals surface area contributed by atoms with E-state index in [0.29, 0.717) is 28.4 Å². The number of carbonyl (C=O) groups is 3. The van der Waals surface area contributed by atoms with Crippen molar-refractivity contribution >= 4 is 29.0 Å². The van der Waals surface area contributed by atoms with Crippen LogP contribution >= 0.6 is 0 Å². The number of aromatic hydroxyl groups is 1. The van der Waals surface area contributed by atoms with Crippen molar-refractivity contribution in [1.29, 1.82) is 0 Å². The predicted molar refractivity (Wildman–Crippen MR) is 141 cm³/mol. The highest BCUT2D eigenvalue weighted by atomic mass is 16.5. The van der Waals surface area contributed by atoms with Crippen LogP contribution < -0.4 is 20.1 Å². The summed E-state index contributed by atoms with van der Waals surface area (Å²) in [5.41, 5.74) is -0.583. The van der Waals surface area contributed by atoms with Gasteiger partial charge in [-0.1, -0.05) is 36.4 Å². The Labute approximate surface area is 220 Å². The normalized spacial score (nSPS) is 22.8. The van der Waals surface area contributed by atoms with Crippen molar-refractivity contribution in [3.63, 3.8) is 0 Å². The van der Waals surface area contributed by atoms with E-state index in [9.17, 15) is 24.6 Å². The molecule has 0 bridgehead atoms. The Morgan fingerprint density at radius 1 is 0.842 bits per heavy atom. The molecule has 0 radical (unpaired) electrons. The highest BCUT2D eigenvalue weighted by Crippen LogP contribution is 2.47. The molecule has 4 N–H and O–H groups in total. The average molecular weight is 519 g/mol. The van der Waals surface area contributed by atoms with Crippen LogP contribution in [-0.2, 0) is 14.4 Å². The summed E-state index contributed by atoms with van der Waals surface area (Å²) in [5, 5.41) is 26.8. The number of amides is 2. The minimum Gasteiger partial charge on any atom is -0.508 e. The Hall–Kier alpha value is -4.37. The van der Waals surface area contributed by atoms with Crippen molar-refractivity contribution in [1.82, 2.24) is 0 Å². The molecule has 4 atom stereocenters. The molecular formula is C29H30N2O7. The largest absolute Gasteiger partial charge is 0.508 e. The molecule has 1 aliphatic carbocycles. The van der Waals surface area contributed by atoms with Crippen molar-refractivity contribution in [3.8, 4) is 17.2 Å². The minimum atomic E-state index is -1.77. The van der Waals surface area contributed by atoms with Crippen LogP contribution in [0.2, 0.25) is 0 Å². The molecule has 0 heterocycles. The van der Waals surface area contributed by atoms with Crippen LogP contribution in [0.1, 0.15) is 24.8 Å². The van der Waals surface area contributed by atoms with Gasteiger partial charge in [-0.05, 0) is 48.9 Å². The Morgan fingerprint density at radius 3 is 1.87 bits per heavy atom. The molecule has 0 spiro atoms. The van der Waals surface area contributed by atoms with Crippen LogP contribution in [0.25, 0.3) is 0 Å². The summed E-state index contributed by atoms with van der Waals surface area (Å²) in [5.74, 6) is -4.49. The van der Waals surface area contributed by atoms with E-state index in [4.69, 9.17) is 9.47 Å². The van der Waals surface area contributed by atoms with Crippen LogP contribution in [0, 0.1) is 11.8 Å². The molecule has 4 rings (SSSR count). The number of para-hydroxylation sites is 4. The van der Waals surface area contributed by atoms with Gasteiger partial charge in [0, 0.05) is 12.3 Å². The van der Waals surface area contributed by atoms with E-state index in [1.165, 1.54) is 33.3 Å². The molecule has 9 heteroatoms. The second-order valence-corrected chi connectivity index (χ2v) is 9.45. The van der Waals surface area contributed by atoms with Crippen molar-refractivity contribution in [2.24, 2.45) is 11.8 Å². The second kappa shape index (κ2) is 10.9. The third-order valence-corrected chi connectivity index (χ3v) is 6.84. The number of methoxy groups -OCH3 is 2. The maximum atomic E-state index is 13.8. The second-order valence-electron chi connectivity index (χ2n) is 9.45. The number of carbonyl (C=O) groups excluding carboxylic acids is 3. The number of anilines is 2. The van der Waals surface area contributed by atoms with E-state index >= 15 is 0 Å². The summed E-state index contributed by atoms with van der Waals surface area (Å²) < 4.78 is 10.7. The fourth-order valence-corrected chi connectivity index (χ4v) is 5.11. The zero-order valence-electron chi connectivity index (χ0n) is 21.3. The smallest absolute Gasteiger partial charge is 0.235 e. The summed E-state index contributed by atoms with van der Waals surface area (Å²) >= 11 is 0. The van der Waals surface area contributed by atoms with Gasteiger partial charge in [0.25, 0.3) is 0 Å². The first-order chi connectivity index (χ1) is 18.2. The van der Waals surface area contributed by atoms with Gasteiger partial charge >= 0.3 is 0 Å². The number of rotatable bonds is 7. The lowest BCUT2D eigenvalue weighted by Gasteiger charge is -2.44. The number of ether oxygens (including phenoxy) is 2. The van der Waals surface area contributed by atoms with Crippen molar-refractivity contribution in [3.05, 3.63) is 78.4 Å². The Bertz CT molecular complexity index is 1340. The number of phenolic OH excluding ortho intramolecular Hbond substituents is 1. The fraction of sp³-hybridized carbons (Fsp3) is 0.276. The summed E-state index contributed by atoms with van der Waals surface area (Å²) in [6.07, 6.45) is -0.407. The van der Waals surface area contributed by atoms with Gasteiger partial charge in [0.05, 0.1) is 37.1 Å². The first-order valence-corrected chi connectivity index (χ1v) is 12.1. The average Bonchev–Trinajstić information content (AvgIpc) is 2.88. The molecule has 0 saturated heterocycles. The molecular weight excluding hydrogens is 488 g/mol. The number of nitrogens with one attached hydrogen (secondary N) is 2. The molecule has 3 aromatic carbocycles. The Balaban J connectivity index is 1.78. The number of Topliss-reactive ketones (excluding diaryl/α,β-unsaturated/α-hetero) is 1. The monoisotopic (exact) mass is 518 g/mol. The highest BCUT2D eigenvalue weighted by molar-refractivity contribution is 6.11. The van der Waals surface area contributed by atoms with Gasteiger partial charge in [-0.25, -0.2) is 0 Å². The maximum Gasteiger partial charge on any atom is 0.235 e. The van der Waals surface area contributed by atoms with E-state index < -0.39 is 47.4 Å². The van der Waals surface area contributed by atoms with Crippen LogP contribution in [0.3, 0.4) is 0 Å².